The predicted octanol–water partition coefficient (Wildman–Crippen LogP) is 4.63. The summed E-state index contributed by atoms with van der Waals surface area (Å²) in [5.74, 6) is 0.977. The van der Waals surface area contributed by atoms with Gasteiger partial charge >= 0.3 is 0 Å². The van der Waals surface area contributed by atoms with Gasteiger partial charge in [0, 0.05) is 12.2 Å². The monoisotopic (exact) mass is 231 g/mol. The van der Waals surface area contributed by atoms with Crippen molar-refractivity contribution in [1.82, 2.24) is 0 Å². The van der Waals surface area contributed by atoms with Crippen LogP contribution in [-0.2, 0) is 6.42 Å². The molecule has 1 N–H and O–H groups in total. The van der Waals surface area contributed by atoms with E-state index in [0.717, 1.165) is 18.9 Å². The van der Waals surface area contributed by atoms with Crippen molar-refractivity contribution in [2.24, 2.45) is 5.92 Å². The van der Waals surface area contributed by atoms with Gasteiger partial charge in [-0.05, 0) is 30.4 Å². The molecule has 1 nitrogen and oxygen atoms in total. The Morgan fingerprint density at radius 3 is 2.65 bits per heavy atom. The number of nitrogens with one attached hydrogen (secondary N) is 1. The second-order valence-corrected chi connectivity index (χ2v) is 5.23. The zero-order valence-corrected chi connectivity index (χ0v) is 11.0. The van der Waals surface area contributed by atoms with Crippen LogP contribution in [0.1, 0.15) is 51.0 Å². The Hall–Kier alpha value is -0.980. The SMILES string of the molecule is CCc1ccccc1NCCC1CCCCC1. The Morgan fingerprint density at radius 1 is 1.12 bits per heavy atom. The molecule has 1 saturated carbocycles. The molecule has 1 heteroatoms. The molecule has 0 amide bonds. The van der Waals surface area contributed by atoms with Crippen LogP contribution < -0.4 is 5.32 Å². The van der Waals surface area contributed by atoms with E-state index in [-0.39, 0.29) is 0 Å². The topological polar surface area (TPSA) is 12.0 Å². The van der Waals surface area contributed by atoms with E-state index in [1.54, 1.807) is 0 Å². The highest BCUT2D eigenvalue weighted by atomic mass is 14.9. The van der Waals surface area contributed by atoms with Gasteiger partial charge in [0.1, 0.15) is 0 Å². The highest BCUT2D eigenvalue weighted by Gasteiger charge is 2.12. The van der Waals surface area contributed by atoms with E-state index in [1.165, 1.54) is 49.8 Å². The quantitative estimate of drug-likeness (QED) is 0.779. The number of hydrogen-bond donors (Lipinski definition) is 1. The van der Waals surface area contributed by atoms with Crippen LogP contribution in [0.2, 0.25) is 0 Å². The molecule has 0 radical (unpaired) electrons. The number of rotatable bonds is 5. The number of benzene rings is 1. The van der Waals surface area contributed by atoms with Crippen molar-refractivity contribution in [3.8, 4) is 0 Å². The van der Waals surface area contributed by atoms with Crippen LogP contribution in [0.15, 0.2) is 24.3 Å². The first kappa shape index (κ1) is 12.5. The number of anilines is 1. The van der Waals surface area contributed by atoms with Crippen molar-refractivity contribution < 1.29 is 0 Å². The maximum absolute atomic E-state index is 3.61. The number of para-hydroxylation sites is 1. The van der Waals surface area contributed by atoms with Crippen LogP contribution in [0.4, 0.5) is 5.69 Å². The molecule has 1 fully saturated rings. The molecule has 0 saturated heterocycles. The van der Waals surface area contributed by atoms with Crippen LogP contribution >= 0.6 is 0 Å². The first-order chi connectivity index (χ1) is 8.40. The lowest BCUT2D eigenvalue weighted by Gasteiger charge is -2.22. The maximum atomic E-state index is 3.61. The zero-order valence-electron chi connectivity index (χ0n) is 11.0. The van der Waals surface area contributed by atoms with Gasteiger partial charge in [-0.25, -0.2) is 0 Å². The first-order valence-corrected chi connectivity index (χ1v) is 7.22. The van der Waals surface area contributed by atoms with Gasteiger partial charge in [-0.2, -0.15) is 0 Å². The molecule has 94 valence electrons. The molecular weight excluding hydrogens is 206 g/mol. The van der Waals surface area contributed by atoms with Gasteiger partial charge in [0.15, 0.2) is 0 Å². The minimum atomic E-state index is 0.977. The van der Waals surface area contributed by atoms with Crippen molar-refractivity contribution in [3.05, 3.63) is 29.8 Å². The summed E-state index contributed by atoms with van der Waals surface area (Å²) in [7, 11) is 0. The van der Waals surface area contributed by atoms with Crippen molar-refractivity contribution in [2.75, 3.05) is 11.9 Å². The Balaban J connectivity index is 1.77. The lowest BCUT2D eigenvalue weighted by molar-refractivity contribution is 0.345. The third-order valence-electron chi connectivity index (χ3n) is 3.99. The Kier molecular flexibility index (Phi) is 4.90. The fraction of sp³-hybridized carbons (Fsp3) is 0.625. The van der Waals surface area contributed by atoms with Gasteiger partial charge in [-0.3, -0.25) is 0 Å². The van der Waals surface area contributed by atoms with E-state index in [4.69, 9.17) is 0 Å². The molecule has 0 bridgehead atoms. The van der Waals surface area contributed by atoms with Gasteiger partial charge in [-0.1, -0.05) is 57.2 Å². The number of aryl methyl sites for hydroxylation is 1. The minimum absolute atomic E-state index is 0.977. The van der Waals surface area contributed by atoms with Crippen LogP contribution in [-0.4, -0.2) is 6.54 Å². The van der Waals surface area contributed by atoms with Crippen molar-refractivity contribution in [2.45, 2.75) is 51.9 Å². The molecule has 17 heavy (non-hydrogen) atoms. The fourth-order valence-electron chi connectivity index (χ4n) is 2.89. The average Bonchev–Trinajstić information content (AvgIpc) is 2.40. The van der Waals surface area contributed by atoms with Gasteiger partial charge in [-0.15, -0.1) is 0 Å². The van der Waals surface area contributed by atoms with Gasteiger partial charge < -0.3 is 5.32 Å². The van der Waals surface area contributed by atoms with Gasteiger partial charge in [0.2, 0.25) is 0 Å². The third-order valence-corrected chi connectivity index (χ3v) is 3.99. The Morgan fingerprint density at radius 2 is 1.88 bits per heavy atom. The molecule has 0 spiro atoms. The van der Waals surface area contributed by atoms with Gasteiger partial charge in [0.05, 0.1) is 0 Å². The molecule has 1 aliphatic carbocycles. The third kappa shape index (κ3) is 3.76. The molecule has 0 atom stereocenters. The molecule has 1 aromatic carbocycles. The normalized spacial score (nSPS) is 17.0. The predicted molar refractivity (Wildman–Crippen MR) is 75.5 cm³/mol. The first-order valence-electron chi connectivity index (χ1n) is 7.22. The van der Waals surface area contributed by atoms with Crippen molar-refractivity contribution >= 4 is 5.69 Å². The summed E-state index contributed by atoms with van der Waals surface area (Å²) in [5, 5.41) is 3.61. The van der Waals surface area contributed by atoms with Crippen LogP contribution in [0, 0.1) is 5.92 Å². The van der Waals surface area contributed by atoms with Crippen LogP contribution in [0.25, 0.3) is 0 Å². The largest absolute Gasteiger partial charge is 0.385 e. The van der Waals surface area contributed by atoms with E-state index < -0.39 is 0 Å². The molecule has 0 unspecified atom stereocenters. The van der Waals surface area contributed by atoms with Crippen molar-refractivity contribution in [3.63, 3.8) is 0 Å². The standard InChI is InChI=1S/C16H25N/c1-2-15-10-6-7-11-16(15)17-13-12-14-8-4-3-5-9-14/h6-7,10-11,14,17H,2-5,8-9,12-13H2,1H3. The highest BCUT2D eigenvalue weighted by molar-refractivity contribution is 5.50. The second-order valence-electron chi connectivity index (χ2n) is 5.23. The molecule has 0 aromatic heterocycles. The lowest BCUT2D eigenvalue weighted by atomic mass is 9.87. The summed E-state index contributed by atoms with van der Waals surface area (Å²) in [6.07, 6.45) is 9.74. The van der Waals surface area contributed by atoms with Crippen molar-refractivity contribution in [1.29, 1.82) is 0 Å². The summed E-state index contributed by atoms with van der Waals surface area (Å²) < 4.78 is 0. The second kappa shape index (κ2) is 6.68. The smallest absolute Gasteiger partial charge is 0.0372 e. The summed E-state index contributed by atoms with van der Waals surface area (Å²) in [6.45, 7) is 3.36. The van der Waals surface area contributed by atoms with E-state index in [0.29, 0.717) is 0 Å². The molecule has 1 aromatic rings. The van der Waals surface area contributed by atoms with E-state index in [9.17, 15) is 0 Å². The number of hydrogen-bond acceptors (Lipinski definition) is 1. The summed E-state index contributed by atoms with van der Waals surface area (Å²) in [5.41, 5.74) is 2.78. The maximum Gasteiger partial charge on any atom is 0.0372 e. The van der Waals surface area contributed by atoms with Crippen LogP contribution in [0.5, 0.6) is 0 Å². The Bertz CT molecular complexity index is 326. The molecule has 0 aliphatic heterocycles. The van der Waals surface area contributed by atoms with Crippen LogP contribution in [0.3, 0.4) is 0 Å². The summed E-state index contributed by atoms with van der Waals surface area (Å²) in [6, 6.07) is 8.69. The fourth-order valence-corrected chi connectivity index (χ4v) is 2.89. The highest BCUT2D eigenvalue weighted by Crippen LogP contribution is 2.26. The van der Waals surface area contributed by atoms with E-state index >= 15 is 0 Å². The molecule has 0 heterocycles. The molecule has 1 aliphatic rings. The summed E-state index contributed by atoms with van der Waals surface area (Å²) in [4.78, 5) is 0. The lowest BCUT2D eigenvalue weighted by Crippen LogP contribution is -2.12. The van der Waals surface area contributed by atoms with E-state index in [2.05, 4.69) is 36.5 Å². The molecular formula is C16H25N. The Labute approximate surface area is 106 Å². The summed E-state index contributed by atoms with van der Waals surface area (Å²) >= 11 is 0. The van der Waals surface area contributed by atoms with E-state index in [1.807, 2.05) is 0 Å². The zero-order chi connectivity index (χ0) is 11.9. The minimum Gasteiger partial charge on any atom is -0.385 e. The van der Waals surface area contributed by atoms with Gasteiger partial charge in [0.25, 0.3) is 0 Å². The molecule has 2 rings (SSSR count). The average molecular weight is 231 g/mol.